The highest BCUT2D eigenvalue weighted by molar-refractivity contribution is 7.90. The second-order valence-corrected chi connectivity index (χ2v) is 7.61. The van der Waals surface area contributed by atoms with E-state index in [0.717, 1.165) is 0 Å². The Kier molecular flexibility index (Phi) is 5.01. The summed E-state index contributed by atoms with van der Waals surface area (Å²) in [5, 5.41) is 3.16. The van der Waals surface area contributed by atoms with E-state index in [1.165, 1.54) is 18.4 Å². The zero-order chi connectivity index (χ0) is 14.8. The molecule has 1 heterocycles. The largest absolute Gasteiger partial charge is 0.372 e. The number of hydrogen-bond donors (Lipinski definition) is 1. The Morgan fingerprint density at radius 1 is 1.50 bits per heavy atom. The van der Waals surface area contributed by atoms with Crippen LogP contribution in [0, 0.1) is 11.7 Å². The molecule has 20 heavy (non-hydrogen) atoms. The molecule has 2 rings (SSSR count). The van der Waals surface area contributed by atoms with Crippen LogP contribution < -0.4 is 5.32 Å². The first-order chi connectivity index (χ1) is 9.37. The summed E-state index contributed by atoms with van der Waals surface area (Å²) in [6.07, 6.45) is 0.796. The highest BCUT2D eigenvalue weighted by atomic mass is 35.5. The molecule has 1 aliphatic rings. The van der Waals surface area contributed by atoms with Crippen molar-refractivity contribution in [3.63, 3.8) is 0 Å². The van der Waals surface area contributed by atoms with Crippen molar-refractivity contribution in [3.8, 4) is 0 Å². The second-order valence-electron chi connectivity index (χ2n) is 5.02. The predicted octanol–water partition coefficient (Wildman–Crippen LogP) is 1.80. The second kappa shape index (κ2) is 6.39. The van der Waals surface area contributed by atoms with Crippen LogP contribution in [0.5, 0.6) is 0 Å². The molecule has 0 saturated carbocycles. The third kappa shape index (κ3) is 4.15. The molecule has 0 bridgehead atoms. The van der Waals surface area contributed by atoms with Crippen LogP contribution in [0.25, 0.3) is 0 Å². The summed E-state index contributed by atoms with van der Waals surface area (Å²) in [6.45, 7) is 1.67. The Labute approximate surface area is 123 Å². The zero-order valence-electron chi connectivity index (χ0n) is 11.1. The molecular weight excluding hydrogens is 305 g/mol. The minimum absolute atomic E-state index is 0.0136. The Hall–Kier alpha value is -0.690. The first kappa shape index (κ1) is 15.7. The van der Waals surface area contributed by atoms with Gasteiger partial charge in [-0.2, -0.15) is 0 Å². The number of hydrogen-bond acceptors (Lipinski definition) is 4. The molecule has 112 valence electrons. The first-order valence-electron chi connectivity index (χ1n) is 6.32. The van der Waals surface area contributed by atoms with E-state index in [1.54, 1.807) is 6.07 Å². The Bertz CT molecular complexity index is 579. The molecule has 0 radical (unpaired) electrons. The van der Waals surface area contributed by atoms with Gasteiger partial charge in [0.25, 0.3) is 0 Å². The summed E-state index contributed by atoms with van der Waals surface area (Å²) in [7, 11) is -3.13. The van der Waals surface area contributed by atoms with Crippen LogP contribution in [-0.2, 0) is 14.6 Å². The molecule has 2 atom stereocenters. The van der Waals surface area contributed by atoms with Gasteiger partial charge in [-0.3, -0.25) is 0 Å². The molecule has 1 aliphatic heterocycles. The summed E-state index contributed by atoms with van der Waals surface area (Å²) in [5.74, 6) is -0.713. The monoisotopic (exact) mass is 321 g/mol. The van der Waals surface area contributed by atoms with E-state index in [9.17, 15) is 12.8 Å². The quantitative estimate of drug-likeness (QED) is 0.922. The normalized spacial score (nSPS) is 24.4. The number of nitrogens with one attached hydrogen (secondary N) is 1. The molecule has 7 heteroatoms. The van der Waals surface area contributed by atoms with Crippen LogP contribution >= 0.6 is 11.6 Å². The fourth-order valence-electron chi connectivity index (χ4n) is 2.38. The van der Waals surface area contributed by atoms with Gasteiger partial charge in [-0.15, -0.1) is 0 Å². The van der Waals surface area contributed by atoms with Crippen molar-refractivity contribution in [2.75, 3.05) is 31.7 Å². The topological polar surface area (TPSA) is 55.4 Å². The Morgan fingerprint density at radius 2 is 2.25 bits per heavy atom. The lowest BCUT2D eigenvalue weighted by molar-refractivity contribution is 0.0369. The van der Waals surface area contributed by atoms with Crippen LogP contribution in [-0.4, -0.2) is 40.1 Å². The fraction of sp³-hybridized carbons (Fsp3) is 0.538. The molecule has 1 fully saturated rings. The van der Waals surface area contributed by atoms with Crippen LogP contribution in [0.15, 0.2) is 18.2 Å². The lowest BCUT2D eigenvalue weighted by atomic mass is 9.97. The number of benzene rings is 1. The third-order valence-corrected chi connectivity index (χ3v) is 4.52. The number of sulfone groups is 1. The predicted molar refractivity (Wildman–Crippen MR) is 76.2 cm³/mol. The van der Waals surface area contributed by atoms with Gasteiger partial charge >= 0.3 is 0 Å². The summed E-state index contributed by atoms with van der Waals surface area (Å²) < 4.78 is 42.0. The summed E-state index contributed by atoms with van der Waals surface area (Å²) in [6, 6.07) is 4.37. The van der Waals surface area contributed by atoms with E-state index in [2.05, 4.69) is 5.32 Å². The third-order valence-electron chi connectivity index (χ3n) is 3.20. The minimum atomic E-state index is -3.13. The minimum Gasteiger partial charge on any atom is -0.372 e. The maximum absolute atomic E-state index is 13.2. The van der Waals surface area contributed by atoms with Crippen LogP contribution in [0.1, 0.15) is 11.7 Å². The highest BCUT2D eigenvalue weighted by Crippen LogP contribution is 2.30. The molecule has 1 aromatic carbocycles. The lowest BCUT2D eigenvalue weighted by Gasteiger charge is -2.24. The molecule has 0 aromatic heterocycles. The van der Waals surface area contributed by atoms with Crippen molar-refractivity contribution >= 4 is 21.4 Å². The van der Waals surface area contributed by atoms with Crippen LogP contribution in [0.4, 0.5) is 4.39 Å². The van der Waals surface area contributed by atoms with Gasteiger partial charge < -0.3 is 10.1 Å². The SMILES string of the molecule is CS(=O)(=O)C[C@@H]1CNCCOC1c1ccc(F)c(Cl)c1. The molecule has 1 N–H and O–H groups in total. The Morgan fingerprint density at radius 3 is 2.90 bits per heavy atom. The van der Waals surface area contributed by atoms with Gasteiger partial charge in [-0.25, -0.2) is 12.8 Å². The van der Waals surface area contributed by atoms with Gasteiger partial charge in [-0.05, 0) is 17.7 Å². The molecule has 0 aliphatic carbocycles. The van der Waals surface area contributed by atoms with E-state index in [0.29, 0.717) is 25.3 Å². The van der Waals surface area contributed by atoms with Gasteiger partial charge in [0.15, 0.2) is 0 Å². The molecule has 4 nitrogen and oxygen atoms in total. The average molecular weight is 322 g/mol. The van der Waals surface area contributed by atoms with Gasteiger partial charge in [0.1, 0.15) is 15.7 Å². The summed E-state index contributed by atoms with van der Waals surface area (Å²) in [4.78, 5) is 0. The van der Waals surface area contributed by atoms with Gasteiger partial charge in [-0.1, -0.05) is 17.7 Å². The molecule has 0 amide bonds. The smallest absolute Gasteiger partial charge is 0.147 e. The van der Waals surface area contributed by atoms with Gasteiger partial charge in [0, 0.05) is 25.3 Å². The number of ether oxygens (including phenoxy) is 1. The van der Waals surface area contributed by atoms with Crippen molar-refractivity contribution < 1.29 is 17.5 Å². The highest BCUT2D eigenvalue weighted by Gasteiger charge is 2.29. The van der Waals surface area contributed by atoms with Crippen molar-refractivity contribution in [2.24, 2.45) is 5.92 Å². The number of halogens is 2. The van der Waals surface area contributed by atoms with Crippen LogP contribution in [0.3, 0.4) is 0 Å². The molecular formula is C13H17ClFNO3S. The maximum atomic E-state index is 13.2. The van der Waals surface area contributed by atoms with E-state index >= 15 is 0 Å². The Balaban J connectivity index is 2.29. The lowest BCUT2D eigenvalue weighted by Crippen LogP contribution is -2.30. The van der Waals surface area contributed by atoms with Crippen molar-refractivity contribution in [3.05, 3.63) is 34.6 Å². The summed E-state index contributed by atoms with van der Waals surface area (Å²) >= 11 is 5.79. The number of rotatable bonds is 3. The molecule has 1 unspecified atom stereocenters. The standard InChI is InChI=1S/C13H17ClFNO3S/c1-20(17,18)8-10-7-16-4-5-19-13(10)9-2-3-12(15)11(14)6-9/h2-3,6,10,13,16H,4-5,7-8H2,1H3/t10-,13?/m0/s1. The van der Waals surface area contributed by atoms with Gasteiger partial charge in [0.2, 0.25) is 0 Å². The van der Waals surface area contributed by atoms with Crippen molar-refractivity contribution in [1.29, 1.82) is 0 Å². The molecule has 1 aromatic rings. The van der Waals surface area contributed by atoms with Crippen molar-refractivity contribution in [1.82, 2.24) is 5.32 Å². The van der Waals surface area contributed by atoms with E-state index in [-0.39, 0.29) is 16.7 Å². The fourth-order valence-corrected chi connectivity index (χ4v) is 3.64. The maximum Gasteiger partial charge on any atom is 0.147 e. The average Bonchev–Trinajstić information content (AvgIpc) is 2.56. The zero-order valence-corrected chi connectivity index (χ0v) is 12.7. The van der Waals surface area contributed by atoms with Gasteiger partial charge in [0.05, 0.1) is 23.5 Å². The van der Waals surface area contributed by atoms with E-state index in [1.807, 2.05) is 0 Å². The molecule has 0 spiro atoms. The van der Waals surface area contributed by atoms with E-state index in [4.69, 9.17) is 16.3 Å². The molecule has 1 saturated heterocycles. The van der Waals surface area contributed by atoms with Crippen molar-refractivity contribution in [2.45, 2.75) is 6.10 Å². The van der Waals surface area contributed by atoms with Crippen LogP contribution in [0.2, 0.25) is 5.02 Å². The summed E-state index contributed by atoms with van der Waals surface area (Å²) in [5.41, 5.74) is 0.703. The van der Waals surface area contributed by atoms with E-state index < -0.39 is 21.8 Å². The first-order valence-corrected chi connectivity index (χ1v) is 8.75.